The van der Waals surface area contributed by atoms with Gasteiger partial charge in [-0.1, -0.05) is 0 Å². The number of hydrazine groups is 1. The molecule has 1 heterocycles. The van der Waals surface area contributed by atoms with Crippen LogP contribution in [0, 0.1) is 10.1 Å². The van der Waals surface area contributed by atoms with E-state index in [1.807, 2.05) is 5.43 Å². The molecular formula is C15H15N5O6. The molecule has 0 aliphatic heterocycles. The highest BCUT2D eigenvalue weighted by atomic mass is 16.6. The number of carbonyl (C=O) groups excluding carboxylic acids is 3. The van der Waals surface area contributed by atoms with Crippen molar-refractivity contribution in [3.8, 4) is 0 Å². The van der Waals surface area contributed by atoms with Gasteiger partial charge >= 0.3 is 5.88 Å². The van der Waals surface area contributed by atoms with Crippen LogP contribution in [0.25, 0.3) is 0 Å². The molecule has 11 heteroatoms. The number of furan rings is 1. The first-order chi connectivity index (χ1) is 12.4. The molecule has 0 atom stereocenters. The van der Waals surface area contributed by atoms with Crippen LogP contribution < -0.4 is 21.9 Å². The fourth-order valence-corrected chi connectivity index (χ4v) is 1.90. The lowest BCUT2D eigenvalue weighted by Gasteiger charge is -2.07. The second kappa shape index (κ2) is 8.39. The van der Waals surface area contributed by atoms with Crippen LogP contribution >= 0.6 is 0 Å². The van der Waals surface area contributed by atoms with Crippen molar-refractivity contribution < 1.29 is 23.7 Å². The first-order valence-electron chi connectivity index (χ1n) is 7.34. The number of anilines is 2. The number of nitrogens with zero attached hydrogens (tertiary/aromatic N) is 1. The Morgan fingerprint density at radius 2 is 1.54 bits per heavy atom. The molecule has 0 fully saturated rings. The number of rotatable bonds is 7. The summed E-state index contributed by atoms with van der Waals surface area (Å²) in [6.45, 7) is 0. The van der Waals surface area contributed by atoms with Crippen LogP contribution in [0.4, 0.5) is 17.3 Å². The predicted molar refractivity (Wildman–Crippen MR) is 90.0 cm³/mol. The van der Waals surface area contributed by atoms with E-state index in [9.17, 15) is 24.5 Å². The maximum atomic E-state index is 11.9. The summed E-state index contributed by atoms with van der Waals surface area (Å²) < 4.78 is 4.80. The third-order valence-electron chi connectivity index (χ3n) is 3.16. The van der Waals surface area contributed by atoms with Crippen molar-refractivity contribution in [2.45, 2.75) is 12.8 Å². The largest absolute Gasteiger partial charge is 0.433 e. The highest BCUT2D eigenvalue weighted by molar-refractivity contribution is 6.02. The Morgan fingerprint density at radius 1 is 0.962 bits per heavy atom. The van der Waals surface area contributed by atoms with Crippen molar-refractivity contribution in [3.63, 3.8) is 0 Å². The Balaban J connectivity index is 1.90. The number of benzene rings is 1. The van der Waals surface area contributed by atoms with Crippen LogP contribution in [0.2, 0.25) is 0 Å². The molecule has 0 spiro atoms. The van der Waals surface area contributed by atoms with Crippen molar-refractivity contribution in [3.05, 3.63) is 52.3 Å². The van der Waals surface area contributed by atoms with E-state index < -0.39 is 22.6 Å². The molecule has 0 saturated heterocycles. The molecule has 136 valence electrons. The third kappa shape index (κ3) is 5.14. The van der Waals surface area contributed by atoms with Gasteiger partial charge in [-0.15, -0.1) is 0 Å². The van der Waals surface area contributed by atoms with Gasteiger partial charge < -0.3 is 15.1 Å². The molecular weight excluding hydrogens is 346 g/mol. The van der Waals surface area contributed by atoms with Gasteiger partial charge in [0.2, 0.25) is 11.8 Å². The standard InChI is InChI=1S/C15H15N5O6/c16-19-13(22)7-6-12(21)17-9-1-3-10(4-2-9)18-15(23)11-5-8-14(26-11)20(24)25/h1-5,8H,6-7,16H2,(H,17,21)(H,18,23)(H,19,22). The summed E-state index contributed by atoms with van der Waals surface area (Å²) in [6, 6.07) is 8.41. The van der Waals surface area contributed by atoms with Crippen molar-refractivity contribution in [2.75, 3.05) is 10.6 Å². The number of hydrogen-bond acceptors (Lipinski definition) is 7. The fourth-order valence-electron chi connectivity index (χ4n) is 1.90. The molecule has 0 unspecified atom stereocenters. The molecule has 0 radical (unpaired) electrons. The Kier molecular flexibility index (Phi) is 6.01. The Labute approximate surface area is 146 Å². The lowest BCUT2D eigenvalue weighted by molar-refractivity contribution is -0.402. The van der Waals surface area contributed by atoms with Crippen LogP contribution in [0.1, 0.15) is 23.4 Å². The minimum Gasteiger partial charge on any atom is -0.395 e. The summed E-state index contributed by atoms with van der Waals surface area (Å²) in [5.41, 5.74) is 2.79. The zero-order valence-electron chi connectivity index (χ0n) is 13.4. The van der Waals surface area contributed by atoms with Gasteiger partial charge in [0.15, 0.2) is 5.76 Å². The number of hydrogen-bond donors (Lipinski definition) is 4. The Bertz CT molecular complexity index is 829. The first-order valence-corrected chi connectivity index (χ1v) is 7.34. The van der Waals surface area contributed by atoms with Gasteiger partial charge in [0, 0.05) is 24.2 Å². The van der Waals surface area contributed by atoms with E-state index >= 15 is 0 Å². The monoisotopic (exact) mass is 361 g/mol. The van der Waals surface area contributed by atoms with Gasteiger partial charge in [0.05, 0.1) is 6.07 Å². The third-order valence-corrected chi connectivity index (χ3v) is 3.16. The lowest BCUT2D eigenvalue weighted by atomic mass is 10.2. The van der Waals surface area contributed by atoms with Crippen LogP contribution in [0.3, 0.4) is 0 Å². The topological polar surface area (TPSA) is 170 Å². The van der Waals surface area contributed by atoms with Crippen molar-refractivity contribution in [1.82, 2.24) is 5.43 Å². The van der Waals surface area contributed by atoms with E-state index in [2.05, 4.69) is 10.6 Å². The summed E-state index contributed by atoms with van der Waals surface area (Å²) >= 11 is 0. The summed E-state index contributed by atoms with van der Waals surface area (Å²) in [7, 11) is 0. The molecule has 5 N–H and O–H groups in total. The van der Waals surface area contributed by atoms with E-state index in [1.165, 1.54) is 18.2 Å². The number of nitro groups is 1. The van der Waals surface area contributed by atoms with E-state index in [-0.39, 0.29) is 24.5 Å². The lowest BCUT2D eigenvalue weighted by Crippen LogP contribution is -2.30. The summed E-state index contributed by atoms with van der Waals surface area (Å²) in [5.74, 6) is 2.72. The number of nitrogens with two attached hydrogens (primary N) is 1. The van der Waals surface area contributed by atoms with Gasteiger partial charge in [0.1, 0.15) is 4.92 Å². The molecule has 0 saturated carbocycles. The predicted octanol–water partition coefficient (Wildman–Crippen LogP) is 1.15. The van der Waals surface area contributed by atoms with E-state index in [4.69, 9.17) is 10.3 Å². The van der Waals surface area contributed by atoms with E-state index in [0.717, 1.165) is 6.07 Å². The minimum absolute atomic E-state index is 0.0290. The number of carbonyl (C=O) groups is 3. The van der Waals surface area contributed by atoms with Crippen molar-refractivity contribution in [1.29, 1.82) is 0 Å². The molecule has 0 bridgehead atoms. The van der Waals surface area contributed by atoms with Crippen LogP contribution in [0.5, 0.6) is 0 Å². The van der Waals surface area contributed by atoms with Gasteiger partial charge in [-0.2, -0.15) is 0 Å². The van der Waals surface area contributed by atoms with Gasteiger partial charge in [-0.25, -0.2) is 5.84 Å². The molecule has 2 aromatic rings. The highest BCUT2D eigenvalue weighted by Crippen LogP contribution is 2.18. The number of nitrogens with one attached hydrogen (secondary N) is 3. The minimum atomic E-state index is -0.745. The summed E-state index contributed by atoms with van der Waals surface area (Å²) in [4.78, 5) is 44.4. The quantitative estimate of drug-likeness (QED) is 0.248. The molecule has 26 heavy (non-hydrogen) atoms. The van der Waals surface area contributed by atoms with Crippen molar-refractivity contribution >= 4 is 35.0 Å². The highest BCUT2D eigenvalue weighted by Gasteiger charge is 2.17. The Hall–Kier alpha value is -3.73. The van der Waals surface area contributed by atoms with Gasteiger partial charge in [-0.05, 0) is 30.3 Å². The summed E-state index contributed by atoms with van der Waals surface area (Å²) in [6.07, 6.45) is -0.0649. The van der Waals surface area contributed by atoms with Crippen LogP contribution in [-0.4, -0.2) is 22.6 Å². The van der Waals surface area contributed by atoms with E-state index in [1.54, 1.807) is 12.1 Å². The van der Waals surface area contributed by atoms with Crippen LogP contribution in [-0.2, 0) is 9.59 Å². The normalized spacial score (nSPS) is 10.0. The second-order valence-corrected chi connectivity index (χ2v) is 5.04. The molecule has 3 amide bonds. The zero-order chi connectivity index (χ0) is 19.1. The maximum Gasteiger partial charge on any atom is 0.433 e. The fraction of sp³-hybridized carbons (Fsp3) is 0.133. The SMILES string of the molecule is NNC(=O)CCC(=O)Nc1ccc(NC(=O)c2ccc([N+](=O)[O-])o2)cc1. The van der Waals surface area contributed by atoms with Crippen LogP contribution in [0.15, 0.2) is 40.8 Å². The van der Waals surface area contributed by atoms with E-state index in [0.29, 0.717) is 11.4 Å². The maximum absolute atomic E-state index is 11.9. The molecule has 0 aliphatic rings. The smallest absolute Gasteiger partial charge is 0.395 e. The molecule has 0 aliphatic carbocycles. The molecule has 1 aromatic heterocycles. The summed E-state index contributed by atoms with van der Waals surface area (Å²) in [5, 5.41) is 15.6. The molecule has 1 aromatic carbocycles. The second-order valence-electron chi connectivity index (χ2n) is 5.04. The van der Waals surface area contributed by atoms with Gasteiger partial charge in [-0.3, -0.25) is 29.9 Å². The average molecular weight is 361 g/mol. The van der Waals surface area contributed by atoms with Crippen molar-refractivity contribution in [2.24, 2.45) is 5.84 Å². The average Bonchev–Trinajstić information content (AvgIpc) is 3.12. The van der Waals surface area contributed by atoms with Gasteiger partial charge in [0.25, 0.3) is 5.91 Å². The Morgan fingerprint density at radius 3 is 2.08 bits per heavy atom. The molecule has 2 rings (SSSR count). The zero-order valence-corrected chi connectivity index (χ0v) is 13.4. The molecule has 11 nitrogen and oxygen atoms in total. The first kappa shape index (κ1) is 18.6. The number of amides is 3.